The van der Waals surface area contributed by atoms with Gasteiger partial charge in [0, 0.05) is 21.6 Å². The van der Waals surface area contributed by atoms with Crippen molar-refractivity contribution < 1.29 is 0 Å². The maximum atomic E-state index is 5.72. The van der Waals surface area contributed by atoms with Gasteiger partial charge in [-0.05, 0) is 41.4 Å². The van der Waals surface area contributed by atoms with Crippen LogP contribution in [0.15, 0.2) is 11.0 Å². The van der Waals surface area contributed by atoms with Crippen LogP contribution in [-0.2, 0) is 0 Å². The predicted molar refractivity (Wildman–Crippen MR) is 90.6 cm³/mol. The van der Waals surface area contributed by atoms with E-state index in [2.05, 4.69) is 26.8 Å². The summed E-state index contributed by atoms with van der Waals surface area (Å²) < 4.78 is 0. The van der Waals surface area contributed by atoms with Crippen LogP contribution in [0, 0.1) is 17.3 Å². The molecule has 0 saturated carbocycles. The summed E-state index contributed by atoms with van der Waals surface area (Å²) in [5, 5.41) is 0. The quantitative estimate of drug-likeness (QED) is 0.654. The van der Waals surface area contributed by atoms with Gasteiger partial charge in [-0.3, -0.25) is 0 Å². The molecule has 2 unspecified atom stereocenters. The van der Waals surface area contributed by atoms with Gasteiger partial charge in [0.15, 0.2) is 0 Å². The molecule has 1 aliphatic heterocycles. The largest absolute Gasteiger partial charge is 0.130 e. The molecule has 0 aromatic rings. The molecule has 1 aliphatic carbocycles. The van der Waals surface area contributed by atoms with Gasteiger partial charge in [-0.1, -0.05) is 51.6 Å². The zero-order chi connectivity index (χ0) is 13.3. The molecule has 0 radical (unpaired) electrons. The van der Waals surface area contributed by atoms with E-state index in [0.717, 1.165) is 11.3 Å². The number of allylic oxidation sites excluding steroid dienone is 2. The van der Waals surface area contributed by atoms with E-state index in [4.69, 9.17) is 24.4 Å². The Morgan fingerprint density at radius 1 is 1.39 bits per heavy atom. The Morgan fingerprint density at radius 2 is 2.11 bits per heavy atom. The van der Waals surface area contributed by atoms with Crippen LogP contribution in [0.2, 0.25) is 0 Å². The summed E-state index contributed by atoms with van der Waals surface area (Å²) in [7, 11) is 0. The fourth-order valence-electron chi connectivity index (χ4n) is 2.58. The van der Waals surface area contributed by atoms with Crippen LogP contribution in [0.25, 0.3) is 0 Å². The van der Waals surface area contributed by atoms with Crippen molar-refractivity contribution in [3.8, 4) is 0 Å². The van der Waals surface area contributed by atoms with Crippen molar-refractivity contribution in [2.24, 2.45) is 17.3 Å². The van der Waals surface area contributed by atoms with Crippen molar-refractivity contribution in [3.63, 3.8) is 0 Å². The molecule has 2 rings (SSSR count). The summed E-state index contributed by atoms with van der Waals surface area (Å²) in [6.45, 7) is 6.95. The first-order chi connectivity index (χ1) is 8.44. The van der Waals surface area contributed by atoms with Crippen molar-refractivity contribution in [1.29, 1.82) is 0 Å². The van der Waals surface area contributed by atoms with Crippen LogP contribution in [0.3, 0.4) is 0 Å². The van der Waals surface area contributed by atoms with Gasteiger partial charge in [-0.25, -0.2) is 0 Å². The number of fused-ring (bicyclic) bond motifs is 1. The molecule has 0 bridgehead atoms. The van der Waals surface area contributed by atoms with Crippen LogP contribution < -0.4 is 0 Å². The third-order valence-electron chi connectivity index (χ3n) is 4.40. The molecule has 1 saturated heterocycles. The second-order valence-electron chi connectivity index (χ2n) is 6.15. The Labute approximate surface area is 126 Å². The molecule has 1 fully saturated rings. The van der Waals surface area contributed by atoms with Crippen molar-refractivity contribution in [3.05, 3.63) is 11.0 Å². The molecule has 0 aromatic heterocycles. The van der Waals surface area contributed by atoms with Crippen LogP contribution >= 0.6 is 36.2 Å². The maximum absolute atomic E-state index is 5.72. The molecular formula is C15H22S3. The fraction of sp³-hybridized carbons (Fsp3) is 0.733. The molecule has 2 atom stereocenters. The highest BCUT2D eigenvalue weighted by atomic mass is 32.2. The van der Waals surface area contributed by atoms with Gasteiger partial charge in [0.05, 0.1) is 0 Å². The molecule has 0 spiro atoms. The maximum Gasteiger partial charge on any atom is 0.0262 e. The van der Waals surface area contributed by atoms with Gasteiger partial charge >= 0.3 is 0 Å². The van der Waals surface area contributed by atoms with Gasteiger partial charge in [-0.15, -0.1) is 11.8 Å². The first-order valence-electron chi connectivity index (χ1n) is 6.86. The Bertz CT molecular complexity index is 393. The predicted octanol–water partition coefficient (Wildman–Crippen LogP) is 5.21. The van der Waals surface area contributed by atoms with E-state index in [-0.39, 0.29) is 0 Å². The molecule has 1 heterocycles. The van der Waals surface area contributed by atoms with Crippen LogP contribution in [0.4, 0.5) is 0 Å². The summed E-state index contributed by atoms with van der Waals surface area (Å²) in [5.74, 6) is 2.14. The smallest absolute Gasteiger partial charge is 0.0262 e. The van der Waals surface area contributed by atoms with E-state index in [1.54, 1.807) is 0 Å². The lowest BCUT2D eigenvalue weighted by atomic mass is 9.77. The zero-order valence-corrected chi connectivity index (χ0v) is 13.9. The van der Waals surface area contributed by atoms with Gasteiger partial charge in [0.2, 0.25) is 0 Å². The van der Waals surface area contributed by atoms with Gasteiger partial charge in [0.25, 0.3) is 0 Å². The first kappa shape index (κ1) is 14.7. The lowest BCUT2D eigenvalue weighted by molar-refractivity contribution is 0.309. The van der Waals surface area contributed by atoms with Crippen molar-refractivity contribution in [2.45, 2.75) is 46.5 Å². The van der Waals surface area contributed by atoms with Crippen LogP contribution in [0.1, 0.15) is 46.5 Å². The zero-order valence-electron chi connectivity index (χ0n) is 11.5. The van der Waals surface area contributed by atoms with Gasteiger partial charge in [-0.2, -0.15) is 0 Å². The van der Waals surface area contributed by atoms with E-state index in [0.29, 0.717) is 17.3 Å². The molecule has 3 heteroatoms. The topological polar surface area (TPSA) is 0 Å². The number of hydrogen-bond donors (Lipinski definition) is 0. The normalized spacial score (nSPS) is 28.3. The molecule has 0 nitrogen and oxygen atoms in total. The first-order valence-corrected chi connectivity index (χ1v) is 8.67. The average molecular weight is 299 g/mol. The second-order valence-corrected chi connectivity index (χ2v) is 8.26. The third kappa shape index (κ3) is 3.05. The number of thiocarbonyl (C=S) groups is 2. The van der Waals surface area contributed by atoms with E-state index in [1.165, 1.54) is 34.8 Å². The van der Waals surface area contributed by atoms with Gasteiger partial charge < -0.3 is 0 Å². The highest BCUT2D eigenvalue weighted by molar-refractivity contribution is 8.03. The summed E-state index contributed by atoms with van der Waals surface area (Å²) >= 11 is 13.3. The van der Waals surface area contributed by atoms with E-state index >= 15 is 0 Å². The second kappa shape index (κ2) is 5.72. The highest BCUT2D eigenvalue weighted by Crippen LogP contribution is 2.43. The van der Waals surface area contributed by atoms with E-state index in [1.807, 2.05) is 11.8 Å². The Morgan fingerprint density at radius 3 is 2.78 bits per heavy atom. The molecule has 2 aliphatic rings. The average Bonchev–Trinajstić information content (AvgIpc) is 2.77. The van der Waals surface area contributed by atoms with Crippen LogP contribution in [-0.4, -0.2) is 15.5 Å². The SMILES string of the molecule is CCC(C)(C)CCC1C(=S)C=C2SCCC2C1=S. The van der Waals surface area contributed by atoms with E-state index in [9.17, 15) is 0 Å². The molecular weight excluding hydrogens is 276 g/mol. The Hall–Kier alpha value is 0.270. The monoisotopic (exact) mass is 298 g/mol. The number of hydrogen-bond acceptors (Lipinski definition) is 3. The van der Waals surface area contributed by atoms with Crippen molar-refractivity contribution in [2.75, 3.05) is 5.75 Å². The molecule has 18 heavy (non-hydrogen) atoms. The lowest BCUT2D eigenvalue weighted by Gasteiger charge is -2.30. The Kier molecular flexibility index (Phi) is 4.66. The lowest BCUT2D eigenvalue weighted by Crippen LogP contribution is -2.31. The minimum atomic E-state index is 0.383. The highest BCUT2D eigenvalue weighted by Gasteiger charge is 2.36. The standard InChI is InChI=1S/C15H22S3/c1-4-15(2,3)7-5-10-12(16)9-13-11(14(10)17)6-8-18-13/h9-11H,4-8H2,1-3H3. The number of rotatable bonds is 4. The molecule has 0 aromatic carbocycles. The van der Waals surface area contributed by atoms with Gasteiger partial charge in [0.1, 0.15) is 0 Å². The third-order valence-corrected chi connectivity index (χ3v) is 6.55. The minimum Gasteiger partial charge on any atom is -0.130 e. The molecule has 100 valence electrons. The van der Waals surface area contributed by atoms with Crippen molar-refractivity contribution >= 4 is 45.9 Å². The molecule has 0 amide bonds. The summed E-state index contributed by atoms with van der Waals surface area (Å²) in [5.41, 5.74) is 0.416. The van der Waals surface area contributed by atoms with Crippen molar-refractivity contribution in [1.82, 2.24) is 0 Å². The Balaban J connectivity index is 2.06. The fourth-order valence-corrected chi connectivity index (χ4v) is 4.91. The molecule has 0 N–H and O–H groups in total. The summed E-state index contributed by atoms with van der Waals surface area (Å²) in [4.78, 5) is 3.76. The van der Waals surface area contributed by atoms with Crippen LogP contribution in [0.5, 0.6) is 0 Å². The minimum absolute atomic E-state index is 0.383. The summed E-state index contributed by atoms with van der Waals surface area (Å²) in [6, 6.07) is 0. The van der Waals surface area contributed by atoms with E-state index < -0.39 is 0 Å². The summed E-state index contributed by atoms with van der Waals surface area (Å²) in [6.07, 6.45) is 7.06. The number of thioether (sulfide) groups is 1.